The second-order valence-electron chi connectivity index (χ2n) is 20.7. The first-order chi connectivity index (χ1) is 33.0. The monoisotopic (exact) mass is 944 g/mol. The average Bonchev–Trinajstić information content (AvgIpc) is 3.33. The zero-order chi connectivity index (χ0) is 48.6. The van der Waals surface area contributed by atoms with E-state index in [2.05, 4.69) is 31.3 Å². The van der Waals surface area contributed by atoms with Crippen molar-refractivity contribution < 1.29 is 24.5 Å². The number of unbranched alkanes of at least 4 members (excludes halogenated alkanes) is 43. The van der Waals surface area contributed by atoms with Gasteiger partial charge in [0.1, 0.15) is 0 Å². The molecule has 2 unspecified atom stereocenters. The van der Waals surface area contributed by atoms with Crippen LogP contribution in [-0.4, -0.2) is 47.4 Å². The summed E-state index contributed by atoms with van der Waals surface area (Å²) >= 11 is 0. The van der Waals surface area contributed by atoms with Crippen LogP contribution in [-0.2, 0) is 14.3 Å². The van der Waals surface area contributed by atoms with Crippen molar-refractivity contribution in [1.82, 2.24) is 5.32 Å². The van der Waals surface area contributed by atoms with Crippen molar-refractivity contribution in [3.63, 3.8) is 0 Å². The summed E-state index contributed by atoms with van der Waals surface area (Å²) in [4.78, 5) is 24.5. The standard InChI is InChI=1S/C61H117NO5/c1-3-5-7-9-11-13-15-16-17-18-21-24-27-30-34-37-41-45-49-53-59(64)58(57-63)62-60(65)54-50-46-42-38-35-31-28-25-22-19-20-23-26-29-32-36-40-44-48-52-56-67-61(66)55-51-47-43-39-33-14-12-10-8-6-4-2/h10,12,49,53,58-59,63-64H,3-9,11,13-48,50-52,54-57H2,1-2H3,(H,62,65)/b12-10-,53-49+. The van der Waals surface area contributed by atoms with Gasteiger partial charge >= 0.3 is 5.97 Å². The van der Waals surface area contributed by atoms with E-state index >= 15 is 0 Å². The van der Waals surface area contributed by atoms with E-state index in [-0.39, 0.29) is 18.5 Å². The van der Waals surface area contributed by atoms with Crippen molar-refractivity contribution in [2.45, 2.75) is 341 Å². The molecule has 1 amide bonds. The van der Waals surface area contributed by atoms with Crippen molar-refractivity contribution in [2.24, 2.45) is 0 Å². The van der Waals surface area contributed by atoms with Gasteiger partial charge in [-0.3, -0.25) is 9.59 Å². The summed E-state index contributed by atoms with van der Waals surface area (Å²) in [5.41, 5.74) is 0. The SMILES string of the molecule is CCCC/C=C\CCCCCCCC(=O)OCCCCCCCCCCCCCCCCCCCCCCC(=O)NC(CO)C(O)/C=C/CCCCCCCCCCCCCCCCCCC. The van der Waals surface area contributed by atoms with Crippen LogP contribution in [0.3, 0.4) is 0 Å². The fraction of sp³-hybridized carbons (Fsp3) is 0.902. The number of hydrogen-bond donors (Lipinski definition) is 3. The highest BCUT2D eigenvalue weighted by molar-refractivity contribution is 5.76. The highest BCUT2D eigenvalue weighted by Crippen LogP contribution is 2.17. The van der Waals surface area contributed by atoms with Crippen LogP contribution in [0.1, 0.15) is 328 Å². The van der Waals surface area contributed by atoms with Crippen LogP contribution < -0.4 is 5.32 Å². The molecule has 0 spiro atoms. The maximum atomic E-state index is 12.5. The number of aliphatic hydroxyl groups excluding tert-OH is 2. The van der Waals surface area contributed by atoms with Crippen molar-refractivity contribution in [2.75, 3.05) is 13.2 Å². The molecule has 396 valence electrons. The number of hydrogen-bond acceptors (Lipinski definition) is 5. The van der Waals surface area contributed by atoms with Gasteiger partial charge in [-0.1, -0.05) is 289 Å². The molecule has 0 aliphatic heterocycles. The Kier molecular flexibility index (Phi) is 55.5. The van der Waals surface area contributed by atoms with Gasteiger partial charge in [0.15, 0.2) is 0 Å². The van der Waals surface area contributed by atoms with Gasteiger partial charge < -0.3 is 20.3 Å². The first-order valence-corrected chi connectivity index (χ1v) is 30.1. The molecule has 0 aromatic heterocycles. The van der Waals surface area contributed by atoms with E-state index in [4.69, 9.17) is 4.74 Å². The quantitative estimate of drug-likeness (QED) is 0.0321. The van der Waals surface area contributed by atoms with Gasteiger partial charge in [-0.25, -0.2) is 0 Å². The van der Waals surface area contributed by atoms with Crippen molar-refractivity contribution in [3.05, 3.63) is 24.3 Å². The Hall–Kier alpha value is -1.66. The molecule has 6 nitrogen and oxygen atoms in total. The third kappa shape index (κ3) is 53.5. The lowest BCUT2D eigenvalue weighted by molar-refractivity contribution is -0.143. The topological polar surface area (TPSA) is 95.9 Å². The molecular weight excluding hydrogens is 827 g/mol. The number of carbonyl (C=O) groups is 2. The van der Waals surface area contributed by atoms with Crippen LogP contribution in [0.25, 0.3) is 0 Å². The summed E-state index contributed by atoms with van der Waals surface area (Å²) in [7, 11) is 0. The van der Waals surface area contributed by atoms with Crippen molar-refractivity contribution in [1.29, 1.82) is 0 Å². The largest absolute Gasteiger partial charge is 0.466 e. The molecule has 6 heteroatoms. The number of allylic oxidation sites excluding steroid dienone is 3. The van der Waals surface area contributed by atoms with E-state index in [1.54, 1.807) is 6.08 Å². The zero-order valence-corrected chi connectivity index (χ0v) is 45.1. The van der Waals surface area contributed by atoms with E-state index in [0.717, 1.165) is 44.9 Å². The lowest BCUT2D eigenvalue weighted by atomic mass is 10.0. The molecule has 0 aromatic carbocycles. The van der Waals surface area contributed by atoms with Crippen molar-refractivity contribution in [3.8, 4) is 0 Å². The maximum absolute atomic E-state index is 12.5. The second kappa shape index (κ2) is 56.9. The Balaban J connectivity index is 3.43. The van der Waals surface area contributed by atoms with E-state index < -0.39 is 12.1 Å². The van der Waals surface area contributed by atoms with Crippen LogP contribution in [0.4, 0.5) is 0 Å². The number of nitrogens with one attached hydrogen (secondary N) is 1. The summed E-state index contributed by atoms with van der Waals surface area (Å²) < 4.78 is 5.46. The smallest absolute Gasteiger partial charge is 0.305 e. The lowest BCUT2D eigenvalue weighted by Gasteiger charge is -2.20. The predicted molar refractivity (Wildman–Crippen MR) is 292 cm³/mol. The van der Waals surface area contributed by atoms with E-state index in [1.165, 1.54) is 257 Å². The minimum absolute atomic E-state index is 0.000914. The van der Waals surface area contributed by atoms with Gasteiger partial charge in [-0.2, -0.15) is 0 Å². The lowest BCUT2D eigenvalue weighted by Crippen LogP contribution is -2.45. The third-order valence-corrected chi connectivity index (χ3v) is 14.0. The Morgan fingerprint density at radius 3 is 1.10 bits per heavy atom. The second-order valence-corrected chi connectivity index (χ2v) is 20.7. The molecule has 0 aromatic rings. The van der Waals surface area contributed by atoms with Crippen LogP contribution in [0.5, 0.6) is 0 Å². The van der Waals surface area contributed by atoms with Gasteiger partial charge in [0.05, 0.1) is 25.4 Å². The zero-order valence-electron chi connectivity index (χ0n) is 45.1. The first-order valence-electron chi connectivity index (χ1n) is 30.1. The van der Waals surface area contributed by atoms with Gasteiger partial charge in [0.2, 0.25) is 5.91 Å². The molecule has 3 N–H and O–H groups in total. The molecule has 0 bridgehead atoms. The van der Waals surface area contributed by atoms with Crippen molar-refractivity contribution >= 4 is 11.9 Å². The highest BCUT2D eigenvalue weighted by atomic mass is 16.5. The third-order valence-electron chi connectivity index (χ3n) is 14.0. The Bertz CT molecular complexity index is 1040. The first kappa shape index (κ1) is 65.3. The Morgan fingerprint density at radius 2 is 0.716 bits per heavy atom. The minimum Gasteiger partial charge on any atom is -0.466 e. The minimum atomic E-state index is -0.846. The molecule has 0 aliphatic carbocycles. The molecule has 0 fully saturated rings. The van der Waals surface area contributed by atoms with Gasteiger partial charge in [-0.05, 0) is 51.4 Å². The van der Waals surface area contributed by atoms with Gasteiger partial charge in [0.25, 0.3) is 0 Å². The summed E-state index contributed by atoms with van der Waals surface area (Å²) in [5, 5.41) is 23.2. The Labute approximate surface area is 418 Å². The molecular formula is C61H117NO5. The van der Waals surface area contributed by atoms with E-state index in [1.807, 2.05) is 6.08 Å². The summed E-state index contributed by atoms with van der Waals surface area (Å²) in [6.45, 7) is 4.88. The summed E-state index contributed by atoms with van der Waals surface area (Å²) in [6, 6.07) is -0.629. The molecule has 0 aliphatic rings. The number of aliphatic hydroxyl groups is 2. The number of ether oxygens (including phenoxy) is 1. The number of amides is 1. The number of carbonyl (C=O) groups excluding carboxylic acids is 2. The molecule has 0 heterocycles. The fourth-order valence-electron chi connectivity index (χ4n) is 9.32. The normalized spacial score (nSPS) is 12.7. The highest BCUT2D eigenvalue weighted by Gasteiger charge is 2.18. The maximum Gasteiger partial charge on any atom is 0.305 e. The van der Waals surface area contributed by atoms with E-state index in [0.29, 0.717) is 19.4 Å². The number of rotatable bonds is 56. The summed E-state index contributed by atoms with van der Waals surface area (Å²) in [5.74, 6) is -0.0683. The van der Waals surface area contributed by atoms with Crippen LogP contribution in [0.15, 0.2) is 24.3 Å². The fourth-order valence-corrected chi connectivity index (χ4v) is 9.32. The Morgan fingerprint density at radius 1 is 0.403 bits per heavy atom. The molecule has 0 saturated carbocycles. The molecule has 67 heavy (non-hydrogen) atoms. The van der Waals surface area contributed by atoms with Gasteiger partial charge in [0, 0.05) is 12.8 Å². The molecule has 0 saturated heterocycles. The number of esters is 1. The molecule has 0 rings (SSSR count). The average molecular weight is 945 g/mol. The van der Waals surface area contributed by atoms with Crippen LogP contribution in [0, 0.1) is 0 Å². The van der Waals surface area contributed by atoms with Crippen LogP contribution >= 0.6 is 0 Å². The predicted octanol–water partition coefficient (Wildman–Crippen LogP) is 18.6. The molecule has 0 radical (unpaired) electrons. The van der Waals surface area contributed by atoms with Gasteiger partial charge in [-0.15, -0.1) is 0 Å². The molecule has 2 atom stereocenters. The van der Waals surface area contributed by atoms with Crippen LogP contribution in [0.2, 0.25) is 0 Å². The van der Waals surface area contributed by atoms with E-state index in [9.17, 15) is 19.8 Å². The summed E-state index contributed by atoms with van der Waals surface area (Å²) in [6.07, 6.45) is 69.2.